The molecular weight excluding hydrogens is 238 g/mol. The molecule has 0 aliphatic heterocycles. The van der Waals surface area contributed by atoms with E-state index < -0.39 is 0 Å². The van der Waals surface area contributed by atoms with Gasteiger partial charge in [-0.25, -0.2) is 0 Å². The summed E-state index contributed by atoms with van der Waals surface area (Å²) in [7, 11) is 1.57. The maximum atomic E-state index is 10.0. The van der Waals surface area contributed by atoms with E-state index in [1.165, 1.54) is 0 Å². The summed E-state index contributed by atoms with van der Waals surface area (Å²) in [6.07, 6.45) is 0. The van der Waals surface area contributed by atoms with Gasteiger partial charge in [0.1, 0.15) is 0 Å². The minimum atomic E-state index is 0.242. The third-order valence-electron chi connectivity index (χ3n) is 5.29. The van der Waals surface area contributed by atoms with Crippen molar-refractivity contribution in [2.75, 3.05) is 13.7 Å². The first-order valence-corrected chi connectivity index (χ1v) is 6.88. The van der Waals surface area contributed by atoms with Crippen molar-refractivity contribution in [1.29, 1.82) is 0 Å². The van der Waals surface area contributed by atoms with Gasteiger partial charge in [0.15, 0.2) is 11.5 Å². The zero-order valence-electron chi connectivity index (χ0n) is 12.6. The van der Waals surface area contributed by atoms with Gasteiger partial charge < -0.3 is 15.2 Å². The summed E-state index contributed by atoms with van der Waals surface area (Å²) < 4.78 is 5.11. The Morgan fingerprint density at radius 1 is 1.21 bits per heavy atom. The van der Waals surface area contributed by atoms with Gasteiger partial charge in [-0.2, -0.15) is 0 Å². The number of hydrogen-bond acceptors (Lipinski definition) is 3. The van der Waals surface area contributed by atoms with Gasteiger partial charge in [0.2, 0.25) is 0 Å². The summed E-state index contributed by atoms with van der Waals surface area (Å²) in [4.78, 5) is 0. The van der Waals surface area contributed by atoms with Gasteiger partial charge in [-0.3, -0.25) is 0 Å². The zero-order valence-corrected chi connectivity index (χ0v) is 12.6. The van der Waals surface area contributed by atoms with Crippen LogP contribution in [0.1, 0.15) is 33.3 Å². The number of benzene rings is 1. The molecule has 0 bridgehead atoms. The van der Waals surface area contributed by atoms with Crippen LogP contribution in [0.5, 0.6) is 11.5 Å². The van der Waals surface area contributed by atoms with Crippen LogP contribution >= 0.6 is 0 Å². The molecule has 0 atom stereocenters. The molecule has 1 aromatic carbocycles. The monoisotopic (exact) mass is 263 g/mol. The molecule has 1 aliphatic carbocycles. The predicted octanol–water partition coefficient (Wildman–Crippen LogP) is 3.17. The highest BCUT2D eigenvalue weighted by molar-refractivity contribution is 5.45. The fraction of sp³-hybridized carbons (Fsp3) is 0.625. The van der Waals surface area contributed by atoms with Crippen LogP contribution < -0.4 is 10.1 Å². The fourth-order valence-corrected chi connectivity index (χ4v) is 3.07. The van der Waals surface area contributed by atoms with Gasteiger partial charge in [0.25, 0.3) is 0 Å². The molecule has 2 rings (SSSR count). The Kier molecular flexibility index (Phi) is 3.52. The molecule has 0 spiro atoms. The van der Waals surface area contributed by atoms with E-state index in [9.17, 15) is 5.11 Å². The predicted molar refractivity (Wildman–Crippen MR) is 77.4 cm³/mol. The van der Waals surface area contributed by atoms with Gasteiger partial charge in [0.05, 0.1) is 7.11 Å². The first-order valence-electron chi connectivity index (χ1n) is 6.88. The Labute approximate surface area is 116 Å². The fourth-order valence-electron chi connectivity index (χ4n) is 3.07. The quantitative estimate of drug-likeness (QED) is 0.857. The second-order valence-electron chi connectivity index (χ2n) is 6.59. The van der Waals surface area contributed by atoms with Crippen LogP contribution in [0.3, 0.4) is 0 Å². The van der Waals surface area contributed by atoms with Crippen molar-refractivity contribution in [3.63, 3.8) is 0 Å². The molecular formula is C16H25NO2. The number of ether oxygens (including phenoxy) is 1. The van der Waals surface area contributed by atoms with Crippen LogP contribution in [0.4, 0.5) is 0 Å². The standard InChI is InChI=1S/C16H25NO2/c1-15(2)13(16(15,3)4)10-17-9-11-7-6-8-12(19-5)14(11)18/h6-8,13,17-18H,9-10H2,1-5H3. The van der Waals surface area contributed by atoms with Gasteiger partial charge in [-0.15, -0.1) is 0 Å². The van der Waals surface area contributed by atoms with E-state index in [0.29, 0.717) is 29.0 Å². The van der Waals surface area contributed by atoms with E-state index in [1.807, 2.05) is 12.1 Å². The Hall–Kier alpha value is -1.22. The number of phenolic OH excluding ortho intramolecular Hbond substituents is 1. The maximum Gasteiger partial charge on any atom is 0.162 e. The Morgan fingerprint density at radius 3 is 2.37 bits per heavy atom. The molecule has 0 heterocycles. The molecule has 0 amide bonds. The third kappa shape index (κ3) is 2.32. The highest BCUT2D eigenvalue weighted by Crippen LogP contribution is 2.67. The van der Waals surface area contributed by atoms with Gasteiger partial charge >= 0.3 is 0 Å². The molecule has 0 aromatic heterocycles. The molecule has 0 radical (unpaired) electrons. The van der Waals surface area contributed by atoms with Crippen LogP contribution in [0.25, 0.3) is 0 Å². The van der Waals surface area contributed by atoms with Crippen LogP contribution in [-0.2, 0) is 6.54 Å². The number of para-hydroxylation sites is 1. The lowest BCUT2D eigenvalue weighted by Crippen LogP contribution is -2.19. The molecule has 0 unspecified atom stereocenters. The SMILES string of the molecule is COc1cccc(CNCC2C(C)(C)C2(C)C)c1O. The summed E-state index contributed by atoms with van der Waals surface area (Å²) in [5, 5.41) is 13.5. The summed E-state index contributed by atoms with van der Waals surface area (Å²) in [5.41, 5.74) is 1.68. The highest BCUT2D eigenvalue weighted by atomic mass is 16.5. The second-order valence-corrected chi connectivity index (χ2v) is 6.59. The average molecular weight is 263 g/mol. The lowest BCUT2D eigenvalue weighted by molar-refractivity contribution is 0.369. The number of methoxy groups -OCH3 is 1. The molecule has 19 heavy (non-hydrogen) atoms. The number of aromatic hydroxyl groups is 1. The van der Waals surface area contributed by atoms with E-state index in [2.05, 4.69) is 33.0 Å². The van der Waals surface area contributed by atoms with Gasteiger partial charge in [-0.05, 0) is 29.4 Å². The molecule has 1 aliphatic rings. The number of nitrogens with one attached hydrogen (secondary N) is 1. The topological polar surface area (TPSA) is 41.5 Å². The van der Waals surface area contributed by atoms with Crippen LogP contribution in [0, 0.1) is 16.7 Å². The van der Waals surface area contributed by atoms with Crippen LogP contribution in [0.15, 0.2) is 18.2 Å². The molecule has 3 nitrogen and oxygen atoms in total. The van der Waals surface area contributed by atoms with E-state index in [4.69, 9.17) is 4.74 Å². The molecule has 3 heteroatoms. The second kappa shape index (κ2) is 4.71. The maximum absolute atomic E-state index is 10.0. The van der Waals surface area contributed by atoms with E-state index in [-0.39, 0.29) is 5.75 Å². The van der Waals surface area contributed by atoms with Crippen molar-refractivity contribution >= 4 is 0 Å². The van der Waals surface area contributed by atoms with Crippen LogP contribution in [0.2, 0.25) is 0 Å². The Morgan fingerprint density at radius 2 is 1.84 bits per heavy atom. The lowest BCUT2D eigenvalue weighted by Gasteiger charge is -2.10. The van der Waals surface area contributed by atoms with Crippen molar-refractivity contribution < 1.29 is 9.84 Å². The third-order valence-corrected chi connectivity index (χ3v) is 5.29. The molecule has 2 N–H and O–H groups in total. The summed E-state index contributed by atoms with van der Waals surface area (Å²) in [6.45, 7) is 10.9. The largest absolute Gasteiger partial charge is 0.504 e. The molecule has 106 valence electrons. The van der Waals surface area contributed by atoms with E-state index in [0.717, 1.165) is 12.1 Å². The van der Waals surface area contributed by atoms with Crippen LogP contribution in [-0.4, -0.2) is 18.8 Å². The average Bonchev–Trinajstić information content (AvgIpc) is 2.73. The van der Waals surface area contributed by atoms with Gasteiger partial charge in [0, 0.05) is 12.1 Å². The lowest BCUT2D eigenvalue weighted by atomic mass is 10.0. The minimum Gasteiger partial charge on any atom is -0.504 e. The van der Waals surface area contributed by atoms with Crippen molar-refractivity contribution in [2.45, 2.75) is 34.2 Å². The minimum absolute atomic E-state index is 0.242. The van der Waals surface area contributed by atoms with Crippen molar-refractivity contribution in [3.05, 3.63) is 23.8 Å². The van der Waals surface area contributed by atoms with Crippen molar-refractivity contribution in [1.82, 2.24) is 5.32 Å². The van der Waals surface area contributed by atoms with Crippen molar-refractivity contribution in [2.24, 2.45) is 16.7 Å². The summed E-state index contributed by atoms with van der Waals surface area (Å²) in [5.74, 6) is 1.46. The molecule has 1 fully saturated rings. The van der Waals surface area contributed by atoms with Gasteiger partial charge in [-0.1, -0.05) is 39.8 Å². The Bertz CT molecular complexity index is 452. The van der Waals surface area contributed by atoms with E-state index in [1.54, 1.807) is 13.2 Å². The number of phenols is 1. The van der Waals surface area contributed by atoms with Crippen molar-refractivity contribution in [3.8, 4) is 11.5 Å². The van der Waals surface area contributed by atoms with E-state index >= 15 is 0 Å². The number of hydrogen-bond donors (Lipinski definition) is 2. The number of rotatable bonds is 5. The molecule has 1 saturated carbocycles. The summed E-state index contributed by atoms with van der Waals surface area (Å²) in [6, 6.07) is 5.60. The highest BCUT2D eigenvalue weighted by Gasteiger charge is 2.63. The zero-order chi connectivity index (χ0) is 14.3. The smallest absolute Gasteiger partial charge is 0.162 e. The normalized spacial score (nSPS) is 20.3. The molecule has 0 saturated heterocycles. The summed E-state index contributed by atoms with van der Waals surface area (Å²) >= 11 is 0. The first-order chi connectivity index (χ1) is 8.82. The molecule has 1 aromatic rings. The Balaban J connectivity index is 1.91. The first kappa shape index (κ1) is 14.2.